The van der Waals surface area contributed by atoms with Gasteiger partial charge < -0.3 is 10.2 Å². The molecule has 0 saturated carbocycles. The van der Waals surface area contributed by atoms with Crippen molar-refractivity contribution in [2.45, 2.75) is 46.2 Å². The lowest BCUT2D eigenvalue weighted by molar-refractivity contribution is 0.290. The largest absolute Gasteiger partial charge is 0.308 e. The lowest BCUT2D eigenvalue weighted by Crippen LogP contribution is -2.28. The van der Waals surface area contributed by atoms with Gasteiger partial charge in [0.2, 0.25) is 0 Å². The molecule has 0 aliphatic heterocycles. The maximum Gasteiger partial charge on any atom is 0.107 e. The first kappa shape index (κ1) is 18.1. The average molecular weight is 332 g/mol. The van der Waals surface area contributed by atoms with Crippen LogP contribution in [0.5, 0.6) is 0 Å². The van der Waals surface area contributed by atoms with Crippen LogP contribution in [0.1, 0.15) is 38.6 Å². The Bertz CT molecular complexity index is 549. The van der Waals surface area contributed by atoms with Gasteiger partial charge in [0.05, 0.1) is 5.69 Å². The van der Waals surface area contributed by atoms with Gasteiger partial charge in [0.25, 0.3) is 0 Å². The summed E-state index contributed by atoms with van der Waals surface area (Å²) >= 11 is 1.74. The fraction of sp³-hybridized carbons (Fsp3) is 0.526. The number of nitrogens with one attached hydrogen (secondary N) is 1. The van der Waals surface area contributed by atoms with Gasteiger partial charge >= 0.3 is 0 Å². The van der Waals surface area contributed by atoms with E-state index in [0.29, 0.717) is 6.04 Å². The molecule has 1 heterocycles. The normalized spacial score (nSPS) is 12.7. The van der Waals surface area contributed by atoms with E-state index < -0.39 is 0 Å². The Morgan fingerprint density at radius 3 is 2.61 bits per heavy atom. The highest BCUT2D eigenvalue weighted by Gasteiger charge is 2.07. The fourth-order valence-electron chi connectivity index (χ4n) is 2.66. The van der Waals surface area contributed by atoms with E-state index >= 15 is 0 Å². The Labute approximate surface area is 144 Å². The van der Waals surface area contributed by atoms with E-state index in [9.17, 15) is 0 Å². The van der Waals surface area contributed by atoms with Crippen LogP contribution in [-0.2, 0) is 6.54 Å². The maximum atomic E-state index is 4.74. The van der Waals surface area contributed by atoms with Crippen molar-refractivity contribution in [2.24, 2.45) is 0 Å². The van der Waals surface area contributed by atoms with Gasteiger partial charge in [-0.05, 0) is 39.4 Å². The molecule has 3 nitrogen and oxygen atoms in total. The summed E-state index contributed by atoms with van der Waals surface area (Å²) in [5.74, 6) is 0. The molecule has 23 heavy (non-hydrogen) atoms. The molecular formula is C19H29N3S. The number of benzene rings is 1. The monoisotopic (exact) mass is 331 g/mol. The predicted octanol–water partition coefficient (Wildman–Crippen LogP) is 4.41. The highest BCUT2D eigenvalue weighted by atomic mass is 32.1. The van der Waals surface area contributed by atoms with Crippen LogP contribution in [-0.4, -0.2) is 35.6 Å². The zero-order valence-corrected chi connectivity index (χ0v) is 15.4. The van der Waals surface area contributed by atoms with Gasteiger partial charge in [-0.2, -0.15) is 0 Å². The van der Waals surface area contributed by atoms with Crippen LogP contribution in [0.15, 0.2) is 35.7 Å². The Kier molecular flexibility index (Phi) is 7.72. The zero-order chi connectivity index (χ0) is 16.5. The van der Waals surface area contributed by atoms with Gasteiger partial charge in [0.1, 0.15) is 5.01 Å². The third kappa shape index (κ3) is 6.05. The quantitative estimate of drug-likeness (QED) is 0.699. The second-order valence-corrected chi connectivity index (χ2v) is 6.89. The van der Waals surface area contributed by atoms with Gasteiger partial charge in [-0.3, -0.25) is 0 Å². The topological polar surface area (TPSA) is 28.2 Å². The molecule has 1 N–H and O–H groups in total. The van der Waals surface area contributed by atoms with E-state index in [4.69, 9.17) is 4.98 Å². The Morgan fingerprint density at radius 1 is 1.17 bits per heavy atom. The van der Waals surface area contributed by atoms with Gasteiger partial charge in [0.15, 0.2) is 0 Å². The molecule has 0 amide bonds. The number of aromatic nitrogens is 1. The first-order valence-corrected chi connectivity index (χ1v) is 9.56. The van der Waals surface area contributed by atoms with Crippen LogP contribution >= 0.6 is 11.3 Å². The molecular weight excluding hydrogens is 302 g/mol. The lowest BCUT2D eigenvalue weighted by Gasteiger charge is -2.19. The molecule has 0 aliphatic carbocycles. The van der Waals surface area contributed by atoms with E-state index in [2.05, 4.69) is 60.6 Å². The molecule has 1 aromatic carbocycles. The number of hydrogen-bond acceptors (Lipinski definition) is 4. The molecule has 1 unspecified atom stereocenters. The number of rotatable bonds is 10. The zero-order valence-electron chi connectivity index (χ0n) is 14.6. The van der Waals surface area contributed by atoms with Crippen LogP contribution in [0.25, 0.3) is 11.3 Å². The van der Waals surface area contributed by atoms with E-state index in [1.54, 1.807) is 11.3 Å². The van der Waals surface area contributed by atoms with Crippen LogP contribution in [0.3, 0.4) is 0 Å². The van der Waals surface area contributed by atoms with Crippen molar-refractivity contribution in [3.63, 3.8) is 0 Å². The summed E-state index contributed by atoms with van der Waals surface area (Å²) in [5.41, 5.74) is 2.28. The molecule has 0 bridgehead atoms. The minimum atomic E-state index is 0.537. The molecule has 0 saturated heterocycles. The average Bonchev–Trinajstić information content (AvgIpc) is 3.07. The van der Waals surface area contributed by atoms with Crippen molar-refractivity contribution in [3.8, 4) is 11.3 Å². The van der Waals surface area contributed by atoms with Crippen LogP contribution in [0, 0.1) is 0 Å². The van der Waals surface area contributed by atoms with Crippen LogP contribution in [0.4, 0.5) is 0 Å². The first-order valence-electron chi connectivity index (χ1n) is 8.68. The Balaban J connectivity index is 1.72. The molecule has 2 aromatic rings. The molecule has 0 radical (unpaired) electrons. The fourth-order valence-corrected chi connectivity index (χ4v) is 3.41. The summed E-state index contributed by atoms with van der Waals surface area (Å²) in [6, 6.07) is 10.9. The van der Waals surface area contributed by atoms with Crippen molar-refractivity contribution >= 4 is 11.3 Å². The molecule has 0 spiro atoms. The predicted molar refractivity (Wildman–Crippen MR) is 101 cm³/mol. The number of hydrogen-bond donors (Lipinski definition) is 1. The van der Waals surface area contributed by atoms with Gasteiger partial charge in [-0.1, -0.05) is 44.2 Å². The summed E-state index contributed by atoms with van der Waals surface area (Å²) in [6.07, 6.45) is 2.47. The minimum absolute atomic E-state index is 0.537. The summed E-state index contributed by atoms with van der Waals surface area (Å²) in [6.45, 7) is 11.1. The molecule has 126 valence electrons. The SMILES string of the molecule is CCN(CC)CCCC(C)NCc1nc(-c2ccccc2)cs1. The van der Waals surface area contributed by atoms with Crippen LogP contribution < -0.4 is 5.32 Å². The highest BCUT2D eigenvalue weighted by molar-refractivity contribution is 7.09. The third-order valence-electron chi connectivity index (χ3n) is 4.23. The van der Waals surface area contributed by atoms with E-state index in [0.717, 1.165) is 25.3 Å². The minimum Gasteiger partial charge on any atom is -0.308 e. The molecule has 2 rings (SSSR count). The van der Waals surface area contributed by atoms with Crippen molar-refractivity contribution in [3.05, 3.63) is 40.7 Å². The molecule has 1 atom stereocenters. The molecule has 4 heteroatoms. The Morgan fingerprint density at radius 2 is 1.91 bits per heavy atom. The van der Waals surface area contributed by atoms with Crippen molar-refractivity contribution in [1.82, 2.24) is 15.2 Å². The second-order valence-electron chi connectivity index (χ2n) is 5.94. The van der Waals surface area contributed by atoms with Crippen molar-refractivity contribution < 1.29 is 0 Å². The van der Waals surface area contributed by atoms with Gasteiger partial charge in [0, 0.05) is 23.5 Å². The summed E-state index contributed by atoms with van der Waals surface area (Å²) in [4.78, 5) is 7.22. The smallest absolute Gasteiger partial charge is 0.107 e. The van der Waals surface area contributed by atoms with Gasteiger partial charge in [-0.15, -0.1) is 11.3 Å². The van der Waals surface area contributed by atoms with Crippen LogP contribution in [0.2, 0.25) is 0 Å². The van der Waals surface area contributed by atoms with E-state index in [1.807, 2.05) is 6.07 Å². The first-order chi connectivity index (χ1) is 11.2. The molecule has 1 aromatic heterocycles. The lowest BCUT2D eigenvalue weighted by atomic mass is 10.1. The Hall–Kier alpha value is -1.23. The summed E-state index contributed by atoms with van der Waals surface area (Å²) in [5, 5.41) is 6.92. The summed E-state index contributed by atoms with van der Waals surface area (Å²) in [7, 11) is 0. The number of thiazole rings is 1. The van der Waals surface area contributed by atoms with Crippen molar-refractivity contribution in [1.29, 1.82) is 0 Å². The van der Waals surface area contributed by atoms with E-state index in [1.165, 1.54) is 30.0 Å². The van der Waals surface area contributed by atoms with Crippen molar-refractivity contribution in [2.75, 3.05) is 19.6 Å². The van der Waals surface area contributed by atoms with Gasteiger partial charge in [-0.25, -0.2) is 4.98 Å². The summed E-state index contributed by atoms with van der Waals surface area (Å²) < 4.78 is 0. The maximum absolute atomic E-state index is 4.74. The third-order valence-corrected chi connectivity index (χ3v) is 5.08. The second kappa shape index (κ2) is 9.81. The number of nitrogens with zero attached hydrogens (tertiary/aromatic N) is 2. The molecule has 0 aliphatic rings. The standard InChI is InChI=1S/C19H29N3S/c1-4-22(5-2)13-9-10-16(3)20-14-19-21-18(15-23-19)17-11-7-6-8-12-17/h6-8,11-12,15-16,20H,4-5,9-10,13-14H2,1-3H3. The highest BCUT2D eigenvalue weighted by Crippen LogP contribution is 2.21. The van der Waals surface area contributed by atoms with E-state index in [-0.39, 0.29) is 0 Å². The molecule has 0 fully saturated rings.